The van der Waals surface area contributed by atoms with Gasteiger partial charge in [-0.05, 0) is 43.0 Å². The van der Waals surface area contributed by atoms with Gasteiger partial charge in [-0.1, -0.05) is 0 Å². The number of piperidine rings is 1. The van der Waals surface area contributed by atoms with Crippen molar-refractivity contribution in [2.45, 2.75) is 12.8 Å². The molecule has 1 aromatic carbocycles. The van der Waals surface area contributed by atoms with Gasteiger partial charge in [0.25, 0.3) is 0 Å². The summed E-state index contributed by atoms with van der Waals surface area (Å²) in [7, 11) is 0. The fourth-order valence-corrected chi connectivity index (χ4v) is 2.03. The fraction of sp³-hybridized carbons (Fsp3) is 0.500. The van der Waals surface area contributed by atoms with Crippen LogP contribution in [0.1, 0.15) is 12.8 Å². The second-order valence-electron chi connectivity index (χ2n) is 4.18. The van der Waals surface area contributed by atoms with Crippen LogP contribution in [0, 0.1) is 5.92 Å². The van der Waals surface area contributed by atoms with E-state index in [1.54, 1.807) is 0 Å². The number of rotatable bonds is 2. The molecule has 0 atom stereocenters. The molecule has 3 heteroatoms. The van der Waals surface area contributed by atoms with Gasteiger partial charge in [0, 0.05) is 24.5 Å². The Labute approximate surface area is 89.9 Å². The first kappa shape index (κ1) is 10.3. The lowest BCUT2D eigenvalue weighted by atomic mass is 9.98. The van der Waals surface area contributed by atoms with E-state index >= 15 is 0 Å². The van der Waals surface area contributed by atoms with E-state index in [1.165, 1.54) is 5.69 Å². The smallest absolute Gasteiger partial charge is 0.0923 e. The zero-order valence-corrected chi connectivity index (χ0v) is 8.82. The summed E-state index contributed by atoms with van der Waals surface area (Å²) in [6.07, 6.45) is 1.92. The highest BCUT2D eigenvalue weighted by atomic mass is 19.1. The molecule has 1 aliphatic rings. The molecule has 0 amide bonds. The van der Waals surface area contributed by atoms with Gasteiger partial charge in [-0.15, -0.1) is 0 Å². The van der Waals surface area contributed by atoms with Gasteiger partial charge < -0.3 is 10.6 Å². The van der Waals surface area contributed by atoms with Crippen molar-refractivity contribution in [2.24, 2.45) is 5.92 Å². The lowest BCUT2D eigenvalue weighted by Crippen LogP contribution is -2.34. The molecule has 82 valence electrons. The minimum Gasteiger partial charge on any atom is -0.399 e. The fourth-order valence-electron chi connectivity index (χ4n) is 2.03. The van der Waals surface area contributed by atoms with Crippen LogP contribution in [0.25, 0.3) is 0 Å². The van der Waals surface area contributed by atoms with Crippen molar-refractivity contribution in [3.05, 3.63) is 24.3 Å². The summed E-state index contributed by atoms with van der Waals surface area (Å²) in [4.78, 5) is 2.30. The number of benzene rings is 1. The Morgan fingerprint density at radius 1 is 1.20 bits per heavy atom. The number of hydrogen-bond donors (Lipinski definition) is 1. The molecule has 0 spiro atoms. The van der Waals surface area contributed by atoms with Crippen molar-refractivity contribution >= 4 is 11.4 Å². The average molecular weight is 208 g/mol. The molecule has 2 rings (SSSR count). The highest BCUT2D eigenvalue weighted by Crippen LogP contribution is 2.24. The molecule has 1 aromatic rings. The molecule has 1 aliphatic heterocycles. The third-order valence-electron chi connectivity index (χ3n) is 3.09. The minimum absolute atomic E-state index is 0.171. The Balaban J connectivity index is 1.98. The number of hydrogen-bond acceptors (Lipinski definition) is 2. The Kier molecular flexibility index (Phi) is 3.09. The molecule has 1 saturated heterocycles. The quantitative estimate of drug-likeness (QED) is 0.756. The molecule has 0 aromatic heterocycles. The maximum atomic E-state index is 12.4. The molecule has 0 saturated carbocycles. The Hall–Kier alpha value is -1.25. The van der Waals surface area contributed by atoms with Crippen LogP contribution in [0.2, 0.25) is 0 Å². The van der Waals surface area contributed by atoms with E-state index in [0.717, 1.165) is 31.6 Å². The molecular formula is C12H17FN2. The third-order valence-corrected chi connectivity index (χ3v) is 3.09. The summed E-state index contributed by atoms with van der Waals surface area (Å²) in [5.41, 5.74) is 7.62. The van der Waals surface area contributed by atoms with Crippen LogP contribution in [0.3, 0.4) is 0 Å². The number of nitrogens with two attached hydrogens (primary N) is 1. The highest BCUT2D eigenvalue weighted by Gasteiger charge is 2.18. The topological polar surface area (TPSA) is 29.3 Å². The largest absolute Gasteiger partial charge is 0.399 e. The van der Waals surface area contributed by atoms with E-state index in [9.17, 15) is 4.39 Å². The van der Waals surface area contributed by atoms with E-state index in [4.69, 9.17) is 5.73 Å². The zero-order chi connectivity index (χ0) is 10.7. The SMILES string of the molecule is Nc1ccc(N2CCC(CF)CC2)cc1. The van der Waals surface area contributed by atoms with Crippen molar-refractivity contribution < 1.29 is 4.39 Å². The lowest BCUT2D eigenvalue weighted by molar-refractivity contribution is 0.307. The molecule has 0 aliphatic carbocycles. The number of nitrogens with zero attached hydrogens (tertiary/aromatic N) is 1. The van der Waals surface area contributed by atoms with Crippen molar-refractivity contribution in [2.75, 3.05) is 30.4 Å². The maximum absolute atomic E-state index is 12.4. The molecule has 2 nitrogen and oxygen atoms in total. The predicted molar refractivity (Wildman–Crippen MR) is 61.8 cm³/mol. The molecule has 0 unspecified atom stereocenters. The van der Waals surface area contributed by atoms with Crippen LogP contribution in [-0.2, 0) is 0 Å². The second-order valence-corrected chi connectivity index (χ2v) is 4.18. The predicted octanol–water partition coefficient (Wildman–Crippen LogP) is 2.45. The van der Waals surface area contributed by atoms with Crippen LogP contribution >= 0.6 is 0 Å². The van der Waals surface area contributed by atoms with Crippen LogP contribution in [0.15, 0.2) is 24.3 Å². The van der Waals surface area contributed by atoms with Crippen molar-refractivity contribution in [3.8, 4) is 0 Å². The summed E-state index contributed by atoms with van der Waals surface area (Å²) < 4.78 is 12.4. The van der Waals surface area contributed by atoms with Crippen molar-refractivity contribution in [1.82, 2.24) is 0 Å². The van der Waals surface area contributed by atoms with E-state index < -0.39 is 0 Å². The molecule has 2 N–H and O–H groups in total. The zero-order valence-electron chi connectivity index (χ0n) is 8.82. The minimum atomic E-state index is -0.171. The standard InChI is InChI=1S/C12H17FN2/c13-9-10-5-7-15(8-6-10)12-3-1-11(14)2-4-12/h1-4,10H,5-9,14H2. The first-order valence-corrected chi connectivity index (χ1v) is 5.46. The number of halogens is 1. The van der Waals surface area contributed by atoms with Crippen LogP contribution in [-0.4, -0.2) is 19.8 Å². The van der Waals surface area contributed by atoms with Gasteiger partial charge in [0.05, 0.1) is 6.67 Å². The first-order chi connectivity index (χ1) is 7.29. The second kappa shape index (κ2) is 4.51. The van der Waals surface area contributed by atoms with E-state index in [0.29, 0.717) is 0 Å². The normalized spacial score (nSPS) is 18.1. The van der Waals surface area contributed by atoms with Crippen LogP contribution < -0.4 is 10.6 Å². The van der Waals surface area contributed by atoms with Crippen LogP contribution in [0.5, 0.6) is 0 Å². The summed E-state index contributed by atoms with van der Waals surface area (Å²) in [6.45, 7) is 1.74. The maximum Gasteiger partial charge on any atom is 0.0923 e. The van der Waals surface area contributed by atoms with Gasteiger partial charge in [0.1, 0.15) is 0 Å². The summed E-state index contributed by atoms with van der Waals surface area (Å²) >= 11 is 0. The summed E-state index contributed by atoms with van der Waals surface area (Å²) in [6, 6.07) is 7.89. The Bertz CT molecular complexity index is 302. The molecule has 1 fully saturated rings. The monoisotopic (exact) mass is 208 g/mol. The van der Waals surface area contributed by atoms with E-state index in [1.807, 2.05) is 24.3 Å². The Morgan fingerprint density at radius 2 is 1.80 bits per heavy atom. The van der Waals surface area contributed by atoms with Crippen molar-refractivity contribution in [3.63, 3.8) is 0 Å². The van der Waals surface area contributed by atoms with Crippen molar-refractivity contribution in [1.29, 1.82) is 0 Å². The Morgan fingerprint density at radius 3 is 2.33 bits per heavy atom. The van der Waals surface area contributed by atoms with Crippen LogP contribution in [0.4, 0.5) is 15.8 Å². The van der Waals surface area contributed by atoms with Gasteiger partial charge in [-0.25, -0.2) is 0 Å². The molecule has 0 bridgehead atoms. The summed E-state index contributed by atoms with van der Waals surface area (Å²) in [5, 5.41) is 0. The molecule has 0 radical (unpaired) electrons. The number of nitrogen functional groups attached to an aromatic ring is 1. The molecule has 1 heterocycles. The third kappa shape index (κ3) is 2.41. The molecule has 15 heavy (non-hydrogen) atoms. The van der Waals surface area contributed by atoms with E-state index in [2.05, 4.69) is 4.90 Å². The van der Waals surface area contributed by atoms with Gasteiger partial charge >= 0.3 is 0 Å². The van der Waals surface area contributed by atoms with Gasteiger partial charge in [-0.2, -0.15) is 0 Å². The first-order valence-electron chi connectivity index (χ1n) is 5.46. The lowest BCUT2D eigenvalue weighted by Gasteiger charge is -2.32. The highest BCUT2D eigenvalue weighted by molar-refractivity contribution is 5.53. The van der Waals surface area contributed by atoms with Gasteiger partial charge in [-0.3, -0.25) is 4.39 Å². The van der Waals surface area contributed by atoms with Gasteiger partial charge in [0.2, 0.25) is 0 Å². The number of anilines is 2. The number of alkyl halides is 1. The van der Waals surface area contributed by atoms with E-state index in [-0.39, 0.29) is 12.6 Å². The van der Waals surface area contributed by atoms with Gasteiger partial charge in [0.15, 0.2) is 0 Å². The molecular weight excluding hydrogens is 191 g/mol. The summed E-state index contributed by atoms with van der Waals surface area (Å²) in [5.74, 6) is 0.273. The average Bonchev–Trinajstić information content (AvgIpc) is 2.30.